The van der Waals surface area contributed by atoms with Gasteiger partial charge in [-0.2, -0.15) is 0 Å². The average Bonchev–Trinajstić information content (AvgIpc) is 3.03. The fourth-order valence-corrected chi connectivity index (χ4v) is 3.01. The average molecular weight is 421 g/mol. The second kappa shape index (κ2) is 6.97. The fourth-order valence-electron chi connectivity index (χ4n) is 1.91. The molecule has 2 aromatic heterocycles. The van der Waals surface area contributed by atoms with Crippen LogP contribution < -0.4 is 5.32 Å². The largest absolute Gasteiger partial charge is 0.346 e. The van der Waals surface area contributed by atoms with E-state index in [2.05, 4.69) is 37.9 Å². The summed E-state index contributed by atoms with van der Waals surface area (Å²) in [6.45, 7) is 0.431. The van der Waals surface area contributed by atoms with Crippen molar-refractivity contribution in [2.45, 2.75) is 6.54 Å². The second-order valence-electron chi connectivity index (χ2n) is 4.55. The molecule has 0 bridgehead atoms. The van der Waals surface area contributed by atoms with Crippen LogP contribution in [-0.4, -0.2) is 15.9 Å². The molecule has 4 nitrogen and oxygen atoms in total. The normalized spacial score (nSPS) is 10.4. The van der Waals surface area contributed by atoms with Crippen LogP contribution in [0, 0.1) is 3.57 Å². The van der Waals surface area contributed by atoms with Gasteiger partial charge in [0.2, 0.25) is 0 Å². The smallest absolute Gasteiger partial charge is 0.251 e. The Balaban J connectivity index is 1.64. The van der Waals surface area contributed by atoms with Gasteiger partial charge < -0.3 is 5.32 Å². The molecular formula is C16H12IN3OS. The van der Waals surface area contributed by atoms with E-state index >= 15 is 0 Å². The van der Waals surface area contributed by atoms with Crippen LogP contribution in [0.5, 0.6) is 0 Å². The van der Waals surface area contributed by atoms with E-state index in [9.17, 15) is 4.79 Å². The van der Waals surface area contributed by atoms with Crippen molar-refractivity contribution < 1.29 is 4.79 Å². The first-order chi connectivity index (χ1) is 10.7. The van der Waals surface area contributed by atoms with Crippen molar-refractivity contribution >= 4 is 39.8 Å². The molecular weight excluding hydrogens is 409 g/mol. The van der Waals surface area contributed by atoms with Gasteiger partial charge in [0.05, 0.1) is 12.2 Å². The first-order valence-corrected chi connectivity index (χ1v) is 8.57. The molecule has 0 atom stereocenters. The Bertz CT molecular complexity index is 772. The zero-order chi connectivity index (χ0) is 15.4. The Kier molecular flexibility index (Phi) is 4.79. The van der Waals surface area contributed by atoms with Gasteiger partial charge in [0.25, 0.3) is 5.91 Å². The molecule has 1 N–H and O–H groups in total. The Labute approximate surface area is 145 Å². The number of nitrogens with zero attached hydrogens (tertiary/aromatic N) is 2. The van der Waals surface area contributed by atoms with Crippen LogP contribution in [0.2, 0.25) is 0 Å². The number of hydrogen-bond donors (Lipinski definition) is 1. The summed E-state index contributed by atoms with van der Waals surface area (Å²) in [5.41, 5.74) is 2.60. The van der Waals surface area contributed by atoms with E-state index in [4.69, 9.17) is 0 Å². The molecule has 0 unspecified atom stereocenters. The highest BCUT2D eigenvalue weighted by Gasteiger charge is 2.08. The van der Waals surface area contributed by atoms with E-state index in [-0.39, 0.29) is 5.91 Å². The molecule has 1 aromatic carbocycles. The molecule has 0 radical (unpaired) electrons. The van der Waals surface area contributed by atoms with Gasteiger partial charge in [0.1, 0.15) is 5.01 Å². The molecule has 0 aliphatic rings. The number of rotatable bonds is 4. The molecule has 1 amide bonds. The number of thiazole rings is 1. The number of amides is 1. The summed E-state index contributed by atoms with van der Waals surface area (Å²) in [4.78, 5) is 20.6. The van der Waals surface area contributed by atoms with Crippen LogP contribution in [0.3, 0.4) is 0 Å². The molecule has 6 heteroatoms. The number of aromatic nitrogens is 2. The van der Waals surface area contributed by atoms with Crippen LogP contribution in [0.15, 0.2) is 54.2 Å². The van der Waals surface area contributed by atoms with Crippen LogP contribution in [-0.2, 0) is 6.54 Å². The molecule has 2 heterocycles. The number of carbonyl (C=O) groups is 1. The van der Waals surface area contributed by atoms with E-state index in [1.807, 2.05) is 41.8 Å². The molecule has 22 heavy (non-hydrogen) atoms. The first kappa shape index (κ1) is 15.1. The third kappa shape index (κ3) is 3.69. The zero-order valence-corrected chi connectivity index (χ0v) is 14.5. The maximum absolute atomic E-state index is 12.1. The summed E-state index contributed by atoms with van der Waals surface area (Å²) in [6, 6.07) is 11.3. The lowest BCUT2D eigenvalue weighted by atomic mass is 10.2. The maximum atomic E-state index is 12.1. The van der Waals surface area contributed by atoms with Crippen LogP contribution >= 0.6 is 33.9 Å². The minimum absolute atomic E-state index is 0.0861. The number of hydrogen-bond acceptors (Lipinski definition) is 4. The summed E-state index contributed by atoms with van der Waals surface area (Å²) in [5.74, 6) is -0.0861. The van der Waals surface area contributed by atoms with Gasteiger partial charge in [0.15, 0.2) is 0 Å². The number of halogens is 1. The molecule has 0 fully saturated rings. The lowest BCUT2D eigenvalue weighted by molar-refractivity contribution is 0.0951. The highest BCUT2D eigenvalue weighted by molar-refractivity contribution is 14.1. The Morgan fingerprint density at radius 3 is 2.59 bits per heavy atom. The molecule has 0 aliphatic heterocycles. The van der Waals surface area contributed by atoms with Crippen molar-refractivity contribution in [1.29, 1.82) is 0 Å². The maximum Gasteiger partial charge on any atom is 0.251 e. The Morgan fingerprint density at radius 1 is 1.14 bits per heavy atom. The molecule has 0 saturated heterocycles. The summed E-state index contributed by atoms with van der Waals surface area (Å²) in [7, 11) is 0. The predicted octanol–water partition coefficient (Wildman–Crippen LogP) is 3.74. The minimum Gasteiger partial charge on any atom is -0.346 e. The monoisotopic (exact) mass is 421 g/mol. The van der Waals surface area contributed by atoms with Gasteiger partial charge in [-0.15, -0.1) is 11.3 Å². The zero-order valence-electron chi connectivity index (χ0n) is 11.5. The number of carbonyl (C=O) groups excluding carboxylic acids is 1. The fraction of sp³-hybridized carbons (Fsp3) is 0.0625. The summed E-state index contributed by atoms with van der Waals surface area (Å²) in [5, 5.41) is 5.76. The molecule has 0 spiro atoms. The van der Waals surface area contributed by atoms with Gasteiger partial charge >= 0.3 is 0 Å². The summed E-state index contributed by atoms with van der Waals surface area (Å²) in [6.07, 6.45) is 3.49. The predicted molar refractivity (Wildman–Crippen MR) is 95.7 cm³/mol. The first-order valence-electron chi connectivity index (χ1n) is 6.61. The summed E-state index contributed by atoms with van der Waals surface area (Å²) < 4.78 is 1.11. The number of pyridine rings is 1. The molecule has 0 aliphatic carbocycles. The molecule has 3 rings (SSSR count). The Hall–Kier alpha value is -1.80. The third-order valence-corrected chi connectivity index (χ3v) is 4.60. The highest BCUT2D eigenvalue weighted by atomic mass is 127. The van der Waals surface area contributed by atoms with E-state index < -0.39 is 0 Å². The van der Waals surface area contributed by atoms with Gasteiger partial charge in [0, 0.05) is 32.5 Å². The van der Waals surface area contributed by atoms with E-state index in [1.165, 1.54) is 11.3 Å². The van der Waals surface area contributed by atoms with Gasteiger partial charge in [-0.1, -0.05) is 0 Å². The molecule has 3 aromatic rings. The Morgan fingerprint density at radius 2 is 1.86 bits per heavy atom. The van der Waals surface area contributed by atoms with Gasteiger partial charge in [-0.3, -0.25) is 9.78 Å². The van der Waals surface area contributed by atoms with Crippen molar-refractivity contribution in [1.82, 2.24) is 15.3 Å². The van der Waals surface area contributed by atoms with Crippen molar-refractivity contribution in [2.24, 2.45) is 0 Å². The standard InChI is InChI=1S/C16H12IN3OS/c17-13-3-1-12(2-4-13)16(21)19-9-15-20-14(10-22-15)11-5-7-18-8-6-11/h1-8,10H,9H2,(H,19,21). The lowest BCUT2D eigenvalue weighted by Crippen LogP contribution is -2.22. The van der Waals surface area contributed by atoms with E-state index in [0.29, 0.717) is 12.1 Å². The van der Waals surface area contributed by atoms with Crippen molar-refractivity contribution in [3.63, 3.8) is 0 Å². The topological polar surface area (TPSA) is 54.9 Å². The van der Waals surface area contributed by atoms with E-state index in [1.54, 1.807) is 12.4 Å². The summed E-state index contributed by atoms with van der Waals surface area (Å²) >= 11 is 3.75. The van der Waals surface area contributed by atoms with Crippen LogP contribution in [0.1, 0.15) is 15.4 Å². The molecule has 110 valence electrons. The minimum atomic E-state index is -0.0861. The number of nitrogens with one attached hydrogen (secondary N) is 1. The van der Waals surface area contributed by atoms with Crippen LogP contribution in [0.25, 0.3) is 11.3 Å². The third-order valence-electron chi connectivity index (χ3n) is 3.03. The number of benzene rings is 1. The molecule has 0 saturated carbocycles. The van der Waals surface area contributed by atoms with E-state index in [0.717, 1.165) is 19.8 Å². The second-order valence-corrected chi connectivity index (χ2v) is 6.74. The lowest BCUT2D eigenvalue weighted by Gasteiger charge is -2.03. The quantitative estimate of drug-likeness (QED) is 0.654. The van der Waals surface area contributed by atoms with Crippen molar-refractivity contribution in [2.75, 3.05) is 0 Å². The van der Waals surface area contributed by atoms with Crippen LogP contribution in [0.4, 0.5) is 0 Å². The van der Waals surface area contributed by atoms with Crippen molar-refractivity contribution in [3.05, 3.63) is 68.3 Å². The van der Waals surface area contributed by atoms with Gasteiger partial charge in [-0.05, 0) is 59.0 Å². The SMILES string of the molecule is O=C(NCc1nc(-c2ccncc2)cs1)c1ccc(I)cc1. The highest BCUT2D eigenvalue weighted by Crippen LogP contribution is 2.21. The van der Waals surface area contributed by atoms with Gasteiger partial charge in [-0.25, -0.2) is 4.98 Å². The van der Waals surface area contributed by atoms with Crippen molar-refractivity contribution in [3.8, 4) is 11.3 Å².